The quantitative estimate of drug-likeness (QED) is 0.738. The van der Waals surface area contributed by atoms with Gasteiger partial charge in [0, 0.05) is 43.3 Å². The first-order valence-corrected chi connectivity index (χ1v) is 7.63. The van der Waals surface area contributed by atoms with Gasteiger partial charge in [0.2, 0.25) is 11.7 Å². The van der Waals surface area contributed by atoms with Gasteiger partial charge in [0.15, 0.2) is 0 Å². The van der Waals surface area contributed by atoms with Crippen LogP contribution in [0.3, 0.4) is 0 Å². The molecule has 8 nitrogen and oxygen atoms in total. The van der Waals surface area contributed by atoms with Crippen LogP contribution in [0.1, 0.15) is 16.2 Å². The van der Waals surface area contributed by atoms with Crippen LogP contribution in [0.25, 0.3) is 0 Å². The lowest BCUT2D eigenvalue weighted by Crippen LogP contribution is -2.12. The molecule has 1 aromatic carbocycles. The molecular weight excluding hydrogens is 320 g/mol. The minimum Gasteiger partial charge on any atom is -0.363 e. The van der Waals surface area contributed by atoms with E-state index in [1.54, 1.807) is 12.1 Å². The van der Waals surface area contributed by atoms with Gasteiger partial charge >= 0.3 is 0 Å². The molecule has 8 heteroatoms. The third-order valence-electron chi connectivity index (χ3n) is 3.36. The van der Waals surface area contributed by atoms with E-state index in [2.05, 4.69) is 25.8 Å². The van der Waals surface area contributed by atoms with Crippen LogP contribution < -0.4 is 15.5 Å². The Bertz CT molecular complexity index is 859. The molecule has 0 aliphatic carbocycles. The Hall–Kier alpha value is -3.42. The van der Waals surface area contributed by atoms with E-state index in [-0.39, 0.29) is 11.7 Å². The summed E-state index contributed by atoms with van der Waals surface area (Å²) >= 11 is 0. The first kappa shape index (κ1) is 16.4. The lowest BCUT2D eigenvalue weighted by Gasteiger charge is -2.14. The van der Waals surface area contributed by atoms with Crippen LogP contribution >= 0.6 is 0 Å². The summed E-state index contributed by atoms with van der Waals surface area (Å²) in [6, 6.07) is 10.6. The number of nitrogens with one attached hydrogen (secondary N) is 2. The Morgan fingerprint density at radius 1 is 1.08 bits per heavy atom. The zero-order valence-corrected chi connectivity index (χ0v) is 14.1. The summed E-state index contributed by atoms with van der Waals surface area (Å²) in [5.41, 5.74) is 2.33. The fraction of sp³-hybridized carbons (Fsp3) is 0.176. The number of amides is 1. The number of hydrogen-bond acceptors (Lipinski definition) is 7. The first-order valence-electron chi connectivity index (χ1n) is 7.63. The van der Waals surface area contributed by atoms with Crippen molar-refractivity contribution in [1.29, 1.82) is 0 Å². The van der Waals surface area contributed by atoms with Crippen molar-refractivity contribution in [3.63, 3.8) is 0 Å². The Labute approximate surface area is 144 Å². The highest BCUT2D eigenvalue weighted by Crippen LogP contribution is 2.19. The standard InChI is InChI=1S/C17H18N6O2/c1-11-10-15(23(2)3)22-17(19-11)21-13-6-4-12(5-7-13)20-16(24)14-8-9-18-25-14/h4-10H,1-3H3,(H,20,24)(H,19,21,22). The van der Waals surface area contributed by atoms with E-state index in [0.717, 1.165) is 17.2 Å². The number of carbonyl (C=O) groups excluding carboxylic acids is 1. The Kier molecular flexibility index (Phi) is 4.60. The topological polar surface area (TPSA) is 96.2 Å². The maximum Gasteiger partial charge on any atom is 0.294 e. The number of rotatable bonds is 5. The minimum absolute atomic E-state index is 0.159. The summed E-state index contributed by atoms with van der Waals surface area (Å²) in [7, 11) is 3.86. The Balaban J connectivity index is 1.70. The molecule has 128 valence electrons. The molecule has 3 aromatic rings. The van der Waals surface area contributed by atoms with Crippen LogP contribution in [0.4, 0.5) is 23.1 Å². The third-order valence-corrected chi connectivity index (χ3v) is 3.36. The lowest BCUT2D eigenvalue weighted by atomic mass is 10.2. The molecule has 0 bridgehead atoms. The number of aromatic nitrogens is 3. The molecule has 0 aliphatic rings. The number of hydrogen-bond donors (Lipinski definition) is 2. The van der Waals surface area contributed by atoms with Crippen molar-refractivity contribution in [3.05, 3.63) is 54.0 Å². The summed E-state index contributed by atoms with van der Waals surface area (Å²) in [5, 5.41) is 9.40. The van der Waals surface area contributed by atoms with Crippen molar-refractivity contribution in [3.8, 4) is 0 Å². The smallest absolute Gasteiger partial charge is 0.294 e. The molecule has 0 saturated heterocycles. The van der Waals surface area contributed by atoms with Crippen molar-refractivity contribution in [2.24, 2.45) is 0 Å². The molecule has 25 heavy (non-hydrogen) atoms. The summed E-state index contributed by atoms with van der Waals surface area (Å²) in [5.74, 6) is 1.15. The van der Waals surface area contributed by atoms with Crippen LogP contribution in [0.15, 0.2) is 47.1 Å². The number of aryl methyl sites for hydroxylation is 1. The summed E-state index contributed by atoms with van der Waals surface area (Å²) in [6.07, 6.45) is 1.42. The van der Waals surface area contributed by atoms with Gasteiger partial charge in [-0.1, -0.05) is 5.16 Å². The van der Waals surface area contributed by atoms with E-state index >= 15 is 0 Å². The van der Waals surface area contributed by atoms with Gasteiger partial charge in [-0.15, -0.1) is 0 Å². The SMILES string of the molecule is Cc1cc(N(C)C)nc(Nc2ccc(NC(=O)c3ccno3)cc2)n1. The lowest BCUT2D eigenvalue weighted by molar-refractivity contribution is 0.0988. The highest BCUT2D eigenvalue weighted by Gasteiger charge is 2.10. The maximum absolute atomic E-state index is 11.9. The predicted molar refractivity (Wildman–Crippen MR) is 95.3 cm³/mol. The van der Waals surface area contributed by atoms with E-state index in [0.29, 0.717) is 11.6 Å². The fourth-order valence-corrected chi connectivity index (χ4v) is 2.13. The Morgan fingerprint density at radius 2 is 1.80 bits per heavy atom. The van der Waals surface area contributed by atoms with Crippen LogP contribution in [0.2, 0.25) is 0 Å². The van der Waals surface area contributed by atoms with Crippen LogP contribution in [0, 0.1) is 6.92 Å². The van der Waals surface area contributed by atoms with Crippen LogP contribution in [-0.4, -0.2) is 35.1 Å². The zero-order valence-electron chi connectivity index (χ0n) is 14.1. The summed E-state index contributed by atoms with van der Waals surface area (Å²) in [4.78, 5) is 22.6. The highest BCUT2D eigenvalue weighted by molar-refractivity contribution is 6.02. The Morgan fingerprint density at radius 3 is 2.44 bits per heavy atom. The monoisotopic (exact) mass is 338 g/mol. The number of benzene rings is 1. The molecule has 0 unspecified atom stereocenters. The van der Waals surface area contributed by atoms with Gasteiger partial charge < -0.3 is 20.1 Å². The minimum atomic E-state index is -0.351. The third kappa shape index (κ3) is 4.11. The molecule has 2 heterocycles. The van der Waals surface area contributed by atoms with Gasteiger partial charge in [-0.05, 0) is 31.2 Å². The van der Waals surface area contributed by atoms with Crippen LogP contribution in [0.5, 0.6) is 0 Å². The van der Waals surface area contributed by atoms with Gasteiger partial charge in [-0.2, -0.15) is 4.98 Å². The molecule has 1 amide bonds. The number of nitrogens with zero attached hydrogens (tertiary/aromatic N) is 4. The number of anilines is 4. The molecule has 0 atom stereocenters. The molecule has 0 saturated carbocycles. The average molecular weight is 338 g/mol. The van der Waals surface area contributed by atoms with E-state index < -0.39 is 0 Å². The maximum atomic E-state index is 11.9. The summed E-state index contributed by atoms with van der Waals surface area (Å²) in [6.45, 7) is 1.92. The van der Waals surface area contributed by atoms with Gasteiger partial charge in [0.05, 0.1) is 6.20 Å². The molecular formula is C17H18N6O2. The highest BCUT2D eigenvalue weighted by atomic mass is 16.5. The van der Waals surface area contributed by atoms with Crippen molar-refractivity contribution in [2.75, 3.05) is 29.6 Å². The second kappa shape index (κ2) is 7.00. The summed E-state index contributed by atoms with van der Waals surface area (Å²) < 4.78 is 4.82. The van der Waals surface area contributed by atoms with Gasteiger partial charge in [-0.25, -0.2) is 4.98 Å². The van der Waals surface area contributed by atoms with Crippen LogP contribution in [-0.2, 0) is 0 Å². The second-order valence-corrected chi connectivity index (χ2v) is 5.62. The van der Waals surface area contributed by atoms with E-state index in [1.165, 1.54) is 12.3 Å². The normalized spacial score (nSPS) is 10.4. The molecule has 0 radical (unpaired) electrons. The average Bonchev–Trinajstić information content (AvgIpc) is 3.11. The molecule has 2 N–H and O–H groups in total. The van der Waals surface area contributed by atoms with E-state index in [9.17, 15) is 4.79 Å². The van der Waals surface area contributed by atoms with Gasteiger partial charge in [-0.3, -0.25) is 4.79 Å². The van der Waals surface area contributed by atoms with E-state index in [4.69, 9.17) is 4.52 Å². The molecule has 3 rings (SSSR count). The zero-order chi connectivity index (χ0) is 17.8. The second-order valence-electron chi connectivity index (χ2n) is 5.62. The van der Waals surface area contributed by atoms with Crippen molar-refractivity contribution in [1.82, 2.24) is 15.1 Å². The molecule has 0 fully saturated rings. The fourth-order valence-electron chi connectivity index (χ4n) is 2.13. The van der Waals surface area contributed by atoms with Crippen molar-refractivity contribution >= 4 is 29.0 Å². The molecule has 2 aromatic heterocycles. The molecule has 0 spiro atoms. The first-order chi connectivity index (χ1) is 12.0. The van der Waals surface area contributed by atoms with Crippen molar-refractivity contribution in [2.45, 2.75) is 6.92 Å². The van der Waals surface area contributed by atoms with Gasteiger partial charge in [0.25, 0.3) is 5.91 Å². The molecule has 0 aliphatic heterocycles. The largest absolute Gasteiger partial charge is 0.363 e. The van der Waals surface area contributed by atoms with Gasteiger partial charge in [0.1, 0.15) is 5.82 Å². The van der Waals surface area contributed by atoms with Crippen molar-refractivity contribution < 1.29 is 9.32 Å². The van der Waals surface area contributed by atoms with E-state index in [1.807, 2.05) is 44.1 Å². The predicted octanol–water partition coefficient (Wildman–Crippen LogP) is 2.83. The number of carbonyl (C=O) groups is 1.